The van der Waals surface area contributed by atoms with E-state index in [0.717, 1.165) is 24.0 Å². The molecule has 0 aliphatic carbocycles. The minimum absolute atomic E-state index is 0.0530. The molecule has 2 rings (SSSR count). The topological polar surface area (TPSA) is 63.4 Å². The Morgan fingerprint density at radius 1 is 1.20 bits per heavy atom. The Kier molecular flexibility index (Phi) is 4.83. The minimum Gasteiger partial charge on any atom is -0.326 e. The minimum atomic E-state index is -3.27. The number of sulfonamides is 1. The number of rotatable bonds is 4. The van der Waals surface area contributed by atoms with E-state index in [2.05, 4.69) is 6.92 Å². The smallest absolute Gasteiger partial charge is 0.218 e. The number of piperidine rings is 1. The molecule has 0 spiro atoms. The highest BCUT2D eigenvalue weighted by Crippen LogP contribution is 2.26. The summed E-state index contributed by atoms with van der Waals surface area (Å²) in [6.07, 6.45) is 2.05. The van der Waals surface area contributed by atoms with Crippen LogP contribution in [0, 0.1) is 5.92 Å². The third-order valence-electron chi connectivity index (χ3n) is 4.09. The molecular formula is C15H24N2O2S. The molecule has 0 bridgehead atoms. The first kappa shape index (κ1) is 15.5. The van der Waals surface area contributed by atoms with Gasteiger partial charge in [0.15, 0.2) is 0 Å². The highest BCUT2D eigenvalue weighted by molar-refractivity contribution is 7.88. The lowest BCUT2D eigenvalue weighted by Crippen LogP contribution is -2.45. The predicted octanol–water partition coefficient (Wildman–Crippen LogP) is 2.10. The summed E-state index contributed by atoms with van der Waals surface area (Å²) in [6, 6.07) is 7.61. The van der Waals surface area contributed by atoms with Gasteiger partial charge in [0.1, 0.15) is 0 Å². The van der Waals surface area contributed by atoms with Crippen LogP contribution >= 0.6 is 0 Å². The van der Waals surface area contributed by atoms with Gasteiger partial charge in [0.05, 0.1) is 5.75 Å². The van der Waals surface area contributed by atoms with E-state index in [1.807, 2.05) is 31.2 Å². The number of nitrogens with zero attached hydrogens (tertiary/aromatic N) is 1. The molecule has 20 heavy (non-hydrogen) atoms. The van der Waals surface area contributed by atoms with Crippen LogP contribution in [0.2, 0.25) is 0 Å². The molecule has 1 aromatic carbocycles. The molecule has 2 unspecified atom stereocenters. The van der Waals surface area contributed by atoms with E-state index in [1.54, 1.807) is 4.31 Å². The van der Waals surface area contributed by atoms with Crippen molar-refractivity contribution in [1.82, 2.24) is 4.31 Å². The van der Waals surface area contributed by atoms with Crippen molar-refractivity contribution in [3.63, 3.8) is 0 Å². The Hall–Kier alpha value is -0.910. The summed E-state index contributed by atoms with van der Waals surface area (Å²) in [5, 5.41) is 0. The zero-order chi connectivity index (χ0) is 14.8. The van der Waals surface area contributed by atoms with Gasteiger partial charge in [0, 0.05) is 19.1 Å². The maximum absolute atomic E-state index is 12.7. The fraction of sp³-hybridized carbons (Fsp3) is 0.600. The third-order valence-corrected chi connectivity index (χ3v) is 5.99. The van der Waals surface area contributed by atoms with Crippen molar-refractivity contribution in [2.45, 2.75) is 45.0 Å². The van der Waals surface area contributed by atoms with Crippen LogP contribution in [0.15, 0.2) is 24.3 Å². The van der Waals surface area contributed by atoms with Gasteiger partial charge in [-0.1, -0.05) is 31.2 Å². The third kappa shape index (κ3) is 3.40. The van der Waals surface area contributed by atoms with Crippen LogP contribution in [0.5, 0.6) is 0 Å². The largest absolute Gasteiger partial charge is 0.326 e. The summed E-state index contributed by atoms with van der Waals surface area (Å²) in [5.74, 6) is 0.489. The van der Waals surface area contributed by atoms with Crippen LogP contribution in [0.4, 0.5) is 0 Å². The Balaban J connectivity index is 2.22. The van der Waals surface area contributed by atoms with Gasteiger partial charge >= 0.3 is 0 Å². The predicted molar refractivity (Wildman–Crippen MR) is 81.5 cm³/mol. The quantitative estimate of drug-likeness (QED) is 0.925. The molecule has 0 saturated carbocycles. The fourth-order valence-electron chi connectivity index (χ4n) is 2.81. The van der Waals surface area contributed by atoms with Crippen molar-refractivity contribution in [1.29, 1.82) is 0 Å². The number of benzene rings is 1. The zero-order valence-electron chi connectivity index (χ0n) is 12.2. The number of hydrogen-bond donors (Lipinski definition) is 1. The molecule has 112 valence electrons. The monoisotopic (exact) mass is 296 g/mol. The molecule has 2 atom stereocenters. The Morgan fingerprint density at radius 2 is 1.85 bits per heavy atom. The molecule has 1 fully saturated rings. The van der Waals surface area contributed by atoms with Crippen molar-refractivity contribution in [3.05, 3.63) is 35.4 Å². The van der Waals surface area contributed by atoms with Crippen LogP contribution in [-0.2, 0) is 22.3 Å². The molecule has 1 saturated heterocycles. The van der Waals surface area contributed by atoms with Crippen LogP contribution in [0.3, 0.4) is 0 Å². The van der Waals surface area contributed by atoms with Gasteiger partial charge in [0.2, 0.25) is 10.0 Å². The SMILES string of the molecule is CC1CCC(C)N(S(=O)(=O)Cc2ccccc2CN)C1. The maximum atomic E-state index is 12.7. The van der Waals surface area contributed by atoms with Crippen LogP contribution in [0.25, 0.3) is 0 Å². The zero-order valence-corrected chi connectivity index (χ0v) is 13.1. The van der Waals surface area contributed by atoms with Gasteiger partial charge < -0.3 is 5.73 Å². The second-order valence-electron chi connectivity index (χ2n) is 5.83. The Morgan fingerprint density at radius 3 is 2.50 bits per heavy atom. The van der Waals surface area contributed by atoms with Crippen molar-refractivity contribution < 1.29 is 8.42 Å². The normalized spacial score (nSPS) is 24.8. The van der Waals surface area contributed by atoms with Crippen molar-refractivity contribution in [2.24, 2.45) is 11.7 Å². The van der Waals surface area contributed by atoms with E-state index in [4.69, 9.17) is 5.73 Å². The standard InChI is InChI=1S/C15H24N2O2S/c1-12-7-8-13(2)17(10-12)20(18,19)11-15-6-4-3-5-14(15)9-16/h3-6,12-13H,7-11,16H2,1-2H3. The molecule has 1 heterocycles. The lowest BCUT2D eigenvalue weighted by Gasteiger charge is -2.35. The molecule has 5 heteroatoms. The Labute approximate surface area is 122 Å². The first-order chi connectivity index (χ1) is 9.44. The highest BCUT2D eigenvalue weighted by Gasteiger charge is 2.32. The molecule has 0 amide bonds. The van der Waals surface area contributed by atoms with Crippen molar-refractivity contribution in [3.8, 4) is 0 Å². The van der Waals surface area contributed by atoms with Gasteiger partial charge in [0.25, 0.3) is 0 Å². The second-order valence-corrected chi connectivity index (χ2v) is 7.75. The highest BCUT2D eigenvalue weighted by atomic mass is 32.2. The summed E-state index contributed by atoms with van der Waals surface area (Å²) < 4.78 is 27.0. The van der Waals surface area contributed by atoms with Crippen LogP contribution in [0.1, 0.15) is 37.8 Å². The van der Waals surface area contributed by atoms with Gasteiger partial charge in [-0.05, 0) is 36.8 Å². The van der Waals surface area contributed by atoms with E-state index in [0.29, 0.717) is 19.0 Å². The summed E-state index contributed by atoms with van der Waals surface area (Å²) >= 11 is 0. The summed E-state index contributed by atoms with van der Waals surface area (Å²) in [5.41, 5.74) is 7.42. The van der Waals surface area contributed by atoms with Gasteiger partial charge in [-0.3, -0.25) is 0 Å². The van der Waals surface area contributed by atoms with Crippen molar-refractivity contribution in [2.75, 3.05) is 6.54 Å². The lowest BCUT2D eigenvalue weighted by atomic mass is 9.97. The van der Waals surface area contributed by atoms with Crippen LogP contribution in [-0.4, -0.2) is 25.3 Å². The molecular weight excluding hydrogens is 272 g/mol. The van der Waals surface area contributed by atoms with Crippen molar-refractivity contribution >= 4 is 10.0 Å². The van der Waals surface area contributed by atoms with E-state index in [-0.39, 0.29) is 11.8 Å². The molecule has 0 aromatic heterocycles. The first-order valence-electron chi connectivity index (χ1n) is 7.20. The first-order valence-corrected chi connectivity index (χ1v) is 8.81. The van der Waals surface area contributed by atoms with E-state index in [1.165, 1.54) is 0 Å². The summed E-state index contributed by atoms with van der Waals surface area (Å²) in [4.78, 5) is 0. The average molecular weight is 296 g/mol. The lowest BCUT2D eigenvalue weighted by molar-refractivity contribution is 0.217. The van der Waals surface area contributed by atoms with Gasteiger partial charge in [-0.15, -0.1) is 0 Å². The second kappa shape index (κ2) is 6.24. The van der Waals surface area contributed by atoms with E-state index >= 15 is 0 Å². The fourth-order valence-corrected chi connectivity index (χ4v) is 4.79. The summed E-state index contributed by atoms with van der Waals surface area (Å²) in [7, 11) is -3.27. The molecule has 1 aromatic rings. The summed E-state index contributed by atoms with van der Waals surface area (Å²) in [6.45, 7) is 5.12. The van der Waals surface area contributed by atoms with Gasteiger partial charge in [-0.25, -0.2) is 8.42 Å². The number of nitrogens with two attached hydrogens (primary N) is 1. The Bertz CT molecular complexity index is 557. The average Bonchev–Trinajstić information content (AvgIpc) is 2.41. The molecule has 1 aliphatic rings. The van der Waals surface area contributed by atoms with E-state index < -0.39 is 10.0 Å². The van der Waals surface area contributed by atoms with Gasteiger partial charge in [-0.2, -0.15) is 4.31 Å². The van der Waals surface area contributed by atoms with Crippen LogP contribution < -0.4 is 5.73 Å². The molecule has 2 N–H and O–H groups in total. The van der Waals surface area contributed by atoms with E-state index in [9.17, 15) is 8.42 Å². The number of hydrogen-bond acceptors (Lipinski definition) is 3. The molecule has 4 nitrogen and oxygen atoms in total. The maximum Gasteiger partial charge on any atom is 0.218 e. The molecule has 1 aliphatic heterocycles. The molecule has 0 radical (unpaired) electrons.